The fourth-order valence-electron chi connectivity index (χ4n) is 2.12. The lowest BCUT2D eigenvalue weighted by atomic mass is 9.97. The Morgan fingerprint density at radius 2 is 1.63 bits per heavy atom. The maximum absolute atomic E-state index is 13.3. The summed E-state index contributed by atoms with van der Waals surface area (Å²) in [5.41, 5.74) is 2.38. The predicted octanol–water partition coefficient (Wildman–Crippen LogP) is 4.24. The molecule has 2 rings (SSSR count). The van der Waals surface area contributed by atoms with Gasteiger partial charge in [-0.15, -0.1) is 0 Å². The van der Waals surface area contributed by atoms with Crippen LogP contribution in [0.25, 0.3) is 0 Å². The highest BCUT2D eigenvalue weighted by Gasteiger charge is 2.14. The van der Waals surface area contributed by atoms with E-state index in [2.05, 4.69) is 5.32 Å². The molecule has 0 saturated carbocycles. The van der Waals surface area contributed by atoms with Gasteiger partial charge in [0.1, 0.15) is 11.6 Å². The van der Waals surface area contributed by atoms with Gasteiger partial charge in [-0.2, -0.15) is 0 Å². The number of hydrogen-bond acceptors (Lipinski definition) is 1. The minimum Gasteiger partial charge on any atom is -0.309 e. The van der Waals surface area contributed by atoms with Gasteiger partial charge in [-0.05, 0) is 48.9 Å². The zero-order valence-corrected chi connectivity index (χ0v) is 11.4. The van der Waals surface area contributed by atoms with Crippen molar-refractivity contribution in [3.8, 4) is 0 Å². The summed E-state index contributed by atoms with van der Waals surface area (Å²) >= 11 is 5.98. The molecular weight excluding hydrogens is 268 g/mol. The van der Waals surface area contributed by atoms with Crippen molar-refractivity contribution in [2.45, 2.75) is 13.0 Å². The lowest BCUT2D eigenvalue weighted by Gasteiger charge is -2.18. The van der Waals surface area contributed by atoms with E-state index in [-0.39, 0.29) is 6.04 Å². The second kappa shape index (κ2) is 5.68. The van der Waals surface area contributed by atoms with Crippen LogP contribution in [0.4, 0.5) is 8.78 Å². The van der Waals surface area contributed by atoms with E-state index < -0.39 is 11.6 Å². The molecule has 1 nitrogen and oxygen atoms in total. The highest BCUT2D eigenvalue weighted by molar-refractivity contribution is 6.31. The minimum atomic E-state index is -0.582. The van der Waals surface area contributed by atoms with Gasteiger partial charge in [0.15, 0.2) is 0 Å². The van der Waals surface area contributed by atoms with E-state index in [0.29, 0.717) is 10.6 Å². The van der Waals surface area contributed by atoms with E-state index in [0.717, 1.165) is 17.2 Å². The van der Waals surface area contributed by atoms with Crippen LogP contribution in [0.1, 0.15) is 22.7 Å². The Bertz CT molecular complexity index is 578. The Labute approximate surface area is 116 Å². The van der Waals surface area contributed by atoms with E-state index >= 15 is 0 Å². The van der Waals surface area contributed by atoms with E-state index in [1.807, 2.05) is 19.1 Å². The molecule has 0 aliphatic carbocycles. The summed E-state index contributed by atoms with van der Waals surface area (Å²) in [6, 6.07) is 8.78. The quantitative estimate of drug-likeness (QED) is 0.887. The third kappa shape index (κ3) is 3.11. The predicted molar refractivity (Wildman–Crippen MR) is 73.4 cm³/mol. The number of hydrogen-bond donors (Lipinski definition) is 1. The lowest BCUT2D eigenvalue weighted by molar-refractivity contribution is 0.571. The molecule has 0 radical (unpaired) electrons. The molecule has 0 spiro atoms. The molecule has 1 atom stereocenters. The van der Waals surface area contributed by atoms with Crippen LogP contribution in [0.2, 0.25) is 5.02 Å². The van der Waals surface area contributed by atoms with E-state index in [1.54, 1.807) is 13.1 Å². The molecule has 4 heteroatoms. The van der Waals surface area contributed by atoms with Crippen LogP contribution >= 0.6 is 11.6 Å². The normalized spacial score (nSPS) is 12.5. The molecule has 0 aromatic heterocycles. The van der Waals surface area contributed by atoms with Gasteiger partial charge in [0.2, 0.25) is 0 Å². The molecule has 0 saturated heterocycles. The molecule has 1 unspecified atom stereocenters. The van der Waals surface area contributed by atoms with Crippen LogP contribution in [0.5, 0.6) is 0 Å². The first kappa shape index (κ1) is 14.0. The first-order valence-electron chi connectivity index (χ1n) is 5.90. The fourth-order valence-corrected chi connectivity index (χ4v) is 2.23. The van der Waals surface area contributed by atoms with Gasteiger partial charge in [-0.3, -0.25) is 0 Å². The zero-order valence-electron chi connectivity index (χ0n) is 10.7. The van der Waals surface area contributed by atoms with Crippen molar-refractivity contribution in [2.75, 3.05) is 7.05 Å². The van der Waals surface area contributed by atoms with Gasteiger partial charge in [0.25, 0.3) is 0 Å². The SMILES string of the molecule is CNC(c1cc(F)cc(F)c1)c1ccc(Cl)c(C)c1. The van der Waals surface area contributed by atoms with Crippen molar-refractivity contribution in [1.29, 1.82) is 0 Å². The summed E-state index contributed by atoms with van der Waals surface area (Å²) in [6.45, 7) is 1.89. The summed E-state index contributed by atoms with van der Waals surface area (Å²) in [5, 5.41) is 3.73. The monoisotopic (exact) mass is 281 g/mol. The van der Waals surface area contributed by atoms with Crippen LogP contribution in [-0.2, 0) is 0 Å². The molecule has 0 amide bonds. The third-order valence-corrected chi connectivity index (χ3v) is 3.45. The Hall–Kier alpha value is -1.45. The summed E-state index contributed by atoms with van der Waals surface area (Å²) in [5.74, 6) is -1.16. The minimum absolute atomic E-state index is 0.277. The second-order valence-electron chi connectivity index (χ2n) is 4.43. The summed E-state index contributed by atoms with van der Waals surface area (Å²) < 4.78 is 26.6. The third-order valence-electron chi connectivity index (χ3n) is 3.02. The Balaban J connectivity index is 2.46. The summed E-state index contributed by atoms with van der Waals surface area (Å²) in [4.78, 5) is 0. The number of benzene rings is 2. The van der Waals surface area contributed by atoms with Crippen molar-refractivity contribution in [3.05, 3.63) is 69.7 Å². The number of halogens is 3. The average Bonchev–Trinajstić information content (AvgIpc) is 2.33. The molecule has 2 aromatic carbocycles. The summed E-state index contributed by atoms with van der Waals surface area (Å²) in [6.07, 6.45) is 0. The standard InChI is InChI=1S/C15H14ClF2N/c1-9-5-10(3-4-14(9)16)15(19-2)11-6-12(17)8-13(18)7-11/h3-8,15,19H,1-2H3. The van der Waals surface area contributed by atoms with Gasteiger partial charge in [0.05, 0.1) is 6.04 Å². The van der Waals surface area contributed by atoms with Crippen molar-refractivity contribution in [2.24, 2.45) is 0 Å². The molecule has 0 aliphatic rings. The first-order chi connectivity index (χ1) is 9.01. The van der Waals surface area contributed by atoms with E-state index in [4.69, 9.17) is 11.6 Å². The Morgan fingerprint density at radius 1 is 1.00 bits per heavy atom. The van der Waals surface area contributed by atoms with Crippen molar-refractivity contribution in [3.63, 3.8) is 0 Å². The largest absolute Gasteiger partial charge is 0.309 e. The molecule has 0 bridgehead atoms. The highest BCUT2D eigenvalue weighted by Crippen LogP contribution is 2.26. The first-order valence-corrected chi connectivity index (χ1v) is 6.28. The van der Waals surface area contributed by atoms with Crippen LogP contribution < -0.4 is 5.32 Å². The molecule has 1 N–H and O–H groups in total. The molecule has 0 aliphatic heterocycles. The molecule has 100 valence electrons. The second-order valence-corrected chi connectivity index (χ2v) is 4.84. The highest BCUT2D eigenvalue weighted by atomic mass is 35.5. The van der Waals surface area contributed by atoms with Crippen LogP contribution in [-0.4, -0.2) is 7.05 Å². The smallest absolute Gasteiger partial charge is 0.126 e. The van der Waals surface area contributed by atoms with Crippen LogP contribution in [0.15, 0.2) is 36.4 Å². The maximum Gasteiger partial charge on any atom is 0.126 e. The van der Waals surface area contributed by atoms with Gasteiger partial charge in [-0.1, -0.05) is 23.7 Å². The van der Waals surface area contributed by atoms with Crippen LogP contribution in [0.3, 0.4) is 0 Å². The zero-order chi connectivity index (χ0) is 14.0. The van der Waals surface area contributed by atoms with Crippen molar-refractivity contribution < 1.29 is 8.78 Å². The van der Waals surface area contributed by atoms with Gasteiger partial charge in [0, 0.05) is 11.1 Å². The topological polar surface area (TPSA) is 12.0 Å². The lowest BCUT2D eigenvalue weighted by Crippen LogP contribution is -2.18. The van der Waals surface area contributed by atoms with E-state index in [9.17, 15) is 8.78 Å². The maximum atomic E-state index is 13.3. The molecular formula is C15H14ClF2N. The Kier molecular flexibility index (Phi) is 4.17. The molecule has 0 fully saturated rings. The Morgan fingerprint density at radius 3 is 2.16 bits per heavy atom. The van der Waals surface area contributed by atoms with Crippen molar-refractivity contribution >= 4 is 11.6 Å². The number of rotatable bonds is 3. The molecule has 0 heterocycles. The molecule has 19 heavy (non-hydrogen) atoms. The van der Waals surface area contributed by atoms with E-state index in [1.165, 1.54) is 12.1 Å². The van der Waals surface area contributed by atoms with Gasteiger partial charge in [-0.25, -0.2) is 8.78 Å². The van der Waals surface area contributed by atoms with Crippen molar-refractivity contribution in [1.82, 2.24) is 5.32 Å². The van der Waals surface area contributed by atoms with Crippen LogP contribution in [0, 0.1) is 18.6 Å². The number of aryl methyl sites for hydroxylation is 1. The summed E-state index contributed by atoms with van der Waals surface area (Å²) in [7, 11) is 1.75. The number of nitrogens with one attached hydrogen (secondary N) is 1. The van der Waals surface area contributed by atoms with Gasteiger partial charge < -0.3 is 5.32 Å². The average molecular weight is 282 g/mol. The fraction of sp³-hybridized carbons (Fsp3) is 0.200. The van der Waals surface area contributed by atoms with Gasteiger partial charge >= 0.3 is 0 Å². The molecule has 2 aromatic rings.